The molecular formula is C21H30N4O5S2. The fourth-order valence-corrected chi connectivity index (χ4v) is 6.40. The van der Waals surface area contributed by atoms with E-state index >= 15 is 0 Å². The molecule has 32 heavy (non-hydrogen) atoms. The number of aryl methyl sites for hydroxylation is 1. The highest BCUT2D eigenvalue weighted by Crippen LogP contribution is 2.29. The average Bonchev–Trinajstić information content (AvgIpc) is 3.44. The Hall–Kier alpha value is -1.66. The zero-order chi connectivity index (χ0) is 22.7. The van der Waals surface area contributed by atoms with E-state index in [1.165, 1.54) is 16.1 Å². The highest BCUT2D eigenvalue weighted by Gasteiger charge is 2.27. The van der Waals surface area contributed by atoms with Crippen LogP contribution >= 0.6 is 11.8 Å². The van der Waals surface area contributed by atoms with Crippen LogP contribution in [0.15, 0.2) is 28.3 Å². The van der Waals surface area contributed by atoms with Gasteiger partial charge in [-0.25, -0.2) is 13.4 Å². The van der Waals surface area contributed by atoms with E-state index < -0.39 is 10.0 Å². The molecule has 176 valence electrons. The maximum Gasteiger partial charge on any atom is 0.243 e. The van der Waals surface area contributed by atoms with Crippen LogP contribution in [-0.4, -0.2) is 79.0 Å². The van der Waals surface area contributed by atoms with Crippen molar-refractivity contribution in [2.24, 2.45) is 0 Å². The van der Waals surface area contributed by atoms with Crippen molar-refractivity contribution in [2.75, 3.05) is 39.5 Å². The molecule has 1 aromatic heterocycles. The lowest BCUT2D eigenvalue weighted by Crippen LogP contribution is -2.40. The van der Waals surface area contributed by atoms with E-state index in [2.05, 4.69) is 10.3 Å². The highest BCUT2D eigenvalue weighted by atomic mass is 32.2. The molecule has 0 aliphatic carbocycles. The molecule has 9 nitrogen and oxygen atoms in total. The molecule has 0 radical (unpaired) electrons. The molecule has 3 heterocycles. The lowest BCUT2D eigenvalue weighted by molar-refractivity contribution is -0.120. The van der Waals surface area contributed by atoms with E-state index in [0.29, 0.717) is 50.1 Å². The molecule has 4 rings (SSSR count). The predicted octanol–water partition coefficient (Wildman–Crippen LogP) is 1.85. The van der Waals surface area contributed by atoms with Crippen molar-refractivity contribution >= 4 is 38.7 Å². The van der Waals surface area contributed by atoms with Crippen molar-refractivity contribution in [3.05, 3.63) is 18.2 Å². The topological polar surface area (TPSA) is 103 Å². The van der Waals surface area contributed by atoms with Crippen molar-refractivity contribution in [3.63, 3.8) is 0 Å². The van der Waals surface area contributed by atoms with Crippen molar-refractivity contribution in [3.8, 4) is 0 Å². The number of benzene rings is 1. The standard InChI is InChI=1S/C21H30N4O5S2/c1-3-25-19-7-6-17(32(27,28)24-8-11-29-12-9-24)13-18(19)23-21(25)31-15(2)20(26)22-14-16-5-4-10-30-16/h6-7,13,15-16H,3-5,8-12,14H2,1-2H3,(H,22,26). The minimum Gasteiger partial charge on any atom is -0.379 e. The van der Waals surface area contributed by atoms with Crippen LogP contribution in [0, 0.1) is 0 Å². The molecule has 2 aliphatic rings. The lowest BCUT2D eigenvalue weighted by Gasteiger charge is -2.26. The molecule has 2 aliphatic heterocycles. The van der Waals surface area contributed by atoms with Crippen LogP contribution in [0.25, 0.3) is 11.0 Å². The van der Waals surface area contributed by atoms with Crippen molar-refractivity contribution in [1.29, 1.82) is 0 Å². The van der Waals surface area contributed by atoms with Gasteiger partial charge >= 0.3 is 0 Å². The highest BCUT2D eigenvalue weighted by molar-refractivity contribution is 8.00. The Bertz CT molecular complexity index is 1060. The molecule has 0 spiro atoms. The van der Waals surface area contributed by atoms with Gasteiger partial charge in [-0.1, -0.05) is 11.8 Å². The van der Waals surface area contributed by atoms with Gasteiger partial charge in [-0.2, -0.15) is 4.31 Å². The maximum atomic E-state index is 13.0. The second-order valence-electron chi connectivity index (χ2n) is 7.95. The van der Waals surface area contributed by atoms with Gasteiger partial charge in [-0.05, 0) is 44.9 Å². The van der Waals surface area contributed by atoms with E-state index in [1.54, 1.807) is 18.2 Å². The van der Waals surface area contributed by atoms with Crippen LogP contribution in [0.3, 0.4) is 0 Å². The molecule has 1 amide bonds. The number of ether oxygens (including phenoxy) is 2. The van der Waals surface area contributed by atoms with Crippen LogP contribution in [0.4, 0.5) is 0 Å². The van der Waals surface area contributed by atoms with Crippen molar-refractivity contribution in [1.82, 2.24) is 19.2 Å². The van der Waals surface area contributed by atoms with Gasteiger partial charge in [0.25, 0.3) is 0 Å². The number of aromatic nitrogens is 2. The zero-order valence-corrected chi connectivity index (χ0v) is 20.1. The van der Waals surface area contributed by atoms with E-state index in [0.717, 1.165) is 25.0 Å². The number of hydrogen-bond acceptors (Lipinski definition) is 7. The third-order valence-electron chi connectivity index (χ3n) is 5.79. The first-order valence-electron chi connectivity index (χ1n) is 11.0. The summed E-state index contributed by atoms with van der Waals surface area (Å²) in [6.45, 7) is 7.31. The molecule has 0 saturated carbocycles. The average molecular weight is 483 g/mol. The minimum absolute atomic E-state index is 0.0595. The largest absolute Gasteiger partial charge is 0.379 e. The van der Waals surface area contributed by atoms with Gasteiger partial charge < -0.3 is 19.4 Å². The van der Waals surface area contributed by atoms with E-state index in [-0.39, 0.29) is 22.2 Å². The monoisotopic (exact) mass is 482 g/mol. The number of carbonyl (C=O) groups is 1. The number of nitrogens with zero attached hydrogens (tertiary/aromatic N) is 3. The molecule has 2 saturated heterocycles. The van der Waals surface area contributed by atoms with Gasteiger partial charge in [0.15, 0.2) is 5.16 Å². The number of amides is 1. The summed E-state index contributed by atoms with van der Waals surface area (Å²) in [5.41, 5.74) is 1.46. The molecule has 0 bridgehead atoms. The normalized spacial score (nSPS) is 21.1. The first kappa shape index (κ1) is 23.5. The molecule has 1 N–H and O–H groups in total. The molecule has 2 unspecified atom stereocenters. The zero-order valence-electron chi connectivity index (χ0n) is 18.5. The maximum absolute atomic E-state index is 13.0. The molecule has 11 heteroatoms. The summed E-state index contributed by atoms with van der Waals surface area (Å²) >= 11 is 1.38. The second kappa shape index (κ2) is 10.1. The molecule has 2 aromatic rings. The van der Waals surface area contributed by atoms with E-state index in [1.807, 2.05) is 18.4 Å². The first-order valence-corrected chi connectivity index (χ1v) is 13.4. The van der Waals surface area contributed by atoms with Crippen molar-refractivity contribution < 1.29 is 22.7 Å². The summed E-state index contributed by atoms with van der Waals surface area (Å²) in [5, 5.41) is 3.32. The lowest BCUT2D eigenvalue weighted by atomic mass is 10.2. The Morgan fingerprint density at radius 1 is 1.31 bits per heavy atom. The molecule has 2 atom stereocenters. The Kier molecular flexibility index (Phi) is 7.40. The predicted molar refractivity (Wildman–Crippen MR) is 122 cm³/mol. The van der Waals surface area contributed by atoms with Crippen LogP contribution in [-0.2, 0) is 30.8 Å². The van der Waals surface area contributed by atoms with Gasteiger partial charge in [0.1, 0.15) is 0 Å². The van der Waals surface area contributed by atoms with Crippen LogP contribution in [0.1, 0.15) is 26.7 Å². The summed E-state index contributed by atoms with van der Waals surface area (Å²) in [5.74, 6) is -0.0595. The van der Waals surface area contributed by atoms with Gasteiger partial charge in [0, 0.05) is 32.8 Å². The number of thioether (sulfide) groups is 1. The number of hydrogen-bond donors (Lipinski definition) is 1. The summed E-state index contributed by atoms with van der Waals surface area (Å²) in [7, 11) is -3.59. The van der Waals surface area contributed by atoms with Crippen LogP contribution in [0.5, 0.6) is 0 Å². The summed E-state index contributed by atoms with van der Waals surface area (Å²) in [6.07, 6.45) is 2.11. The molecule has 1 aromatic carbocycles. The Balaban J connectivity index is 1.51. The number of imidazole rings is 1. The Morgan fingerprint density at radius 2 is 2.09 bits per heavy atom. The van der Waals surface area contributed by atoms with E-state index in [4.69, 9.17) is 9.47 Å². The smallest absolute Gasteiger partial charge is 0.243 e. The Labute approximate surface area is 192 Å². The quantitative estimate of drug-likeness (QED) is 0.573. The number of sulfonamides is 1. The molecular weight excluding hydrogens is 452 g/mol. The van der Waals surface area contributed by atoms with Crippen molar-refractivity contribution in [2.45, 2.75) is 54.6 Å². The first-order chi connectivity index (χ1) is 15.4. The second-order valence-corrected chi connectivity index (χ2v) is 11.2. The van der Waals surface area contributed by atoms with Gasteiger partial charge in [0.2, 0.25) is 15.9 Å². The SMILES string of the molecule is CCn1c(SC(C)C(=O)NCC2CCCO2)nc2cc(S(=O)(=O)N3CCOCC3)ccc21. The summed E-state index contributed by atoms with van der Waals surface area (Å²) in [6, 6.07) is 5.05. The van der Waals surface area contributed by atoms with E-state index in [9.17, 15) is 13.2 Å². The van der Waals surface area contributed by atoms with Crippen LogP contribution < -0.4 is 5.32 Å². The Morgan fingerprint density at radius 3 is 2.78 bits per heavy atom. The summed E-state index contributed by atoms with van der Waals surface area (Å²) < 4.78 is 40.3. The number of carbonyl (C=O) groups excluding carboxylic acids is 1. The number of fused-ring (bicyclic) bond motifs is 1. The third kappa shape index (κ3) is 4.96. The summed E-state index contributed by atoms with van der Waals surface area (Å²) in [4.78, 5) is 17.5. The number of rotatable bonds is 8. The molecule has 2 fully saturated rings. The fraction of sp³-hybridized carbons (Fsp3) is 0.619. The number of nitrogens with one attached hydrogen (secondary N) is 1. The number of morpholine rings is 1. The third-order valence-corrected chi connectivity index (χ3v) is 8.77. The minimum atomic E-state index is -3.59. The van der Waals surface area contributed by atoms with Gasteiger partial charge in [-0.15, -0.1) is 0 Å². The van der Waals surface area contributed by atoms with Gasteiger partial charge in [0.05, 0.1) is 40.5 Å². The van der Waals surface area contributed by atoms with Crippen LogP contribution in [0.2, 0.25) is 0 Å². The fourth-order valence-electron chi connectivity index (χ4n) is 3.95. The van der Waals surface area contributed by atoms with Gasteiger partial charge in [-0.3, -0.25) is 4.79 Å².